The van der Waals surface area contributed by atoms with Crippen LogP contribution >= 0.6 is 0 Å². The Kier molecular flexibility index (Phi) is 3.39. The van der Waals surface area contributed by atoms with Gasteiger partial charge in [-0.05, 0) is 19.1 Å². The number of nitriles is 2. The zero-order valence-electron chi connectivity index (χ0n) is 11.7. The molecule has 0 aliphatic rings. The van der Waals surface area contributed by atoms with Gasteiger partial charge in [0.05, 0.1) is 6.33 Å². The molecule has 0 N–H and O–H groups in total. The molecular weight excluding hydrogens is 280 g/mol. The fourth-order valence-corrected chi connectivity index (χ4v) is 1.98. The number of aromatic nitrogens is 4. The van der Waals surface area contributed by atoms with Gasteiger partial charge in [-0.2, -0.15) is 10.5 Å². The van der Waals surface area contributed by atoms with Gasteiger partial charge >= 0.3 is 0 Å². The van der Waals surface area contributed by atoms with E-state index < -0.39 is 0 Å². The van der Waals surface area contributed by atoms with E-state index in [9.17, 15) is 0 Å². The van der Waals surface area contributed by atoms with Gasteiger partial charge < -0.3 is 8.98 Å². The summed E-state index contributed by atoms with van der Waals surface area (Å²) < 4.78 is 7.10. The third kappa shape index (κ3) is 2.43. The summed E-state index contributed by atoms with van der Waals surface area (Å²) in [5.74, 6) is 0.753. The van der Waals surface area contributed by atoms with Gasteiger partial charge in [0.15, 0.2) is 11.4 Å². The van der Waals surface area contributed by atoms with Crippen molar-refractivity contribution >= 4 is 0 Å². The summed E-state index contributed by atoms with van der Waals surface area (Å²) >= 11 is 0. The topological polar surface area (TPSA) is 104 Å². The van der Waals surface area contributed by atoms with Crippen molar-refractivity contribution in [1.29, 1.82) is 10.5 Å². The molecule has 7 heteroatoms. The van der Waals surface area contributed by atoms with Crippen molar-refractivity contribution in [3.63, 3.8) is 0 Å². The highest BCUT2D eigenvalue weighted by Gasteiger charge is 2.14. The number of hydrogen-bond acceptors (Lipinski definition) is 6. The van der Waals surface area contributed by atoms with E-state index >= 15 is 0 Å². The predicted molar refractivity (Wildman–Crippen MR) is 75.2 cm³/mol. The molecule has 106 valence electrons. The highest BCUT2D eigenvalue weighted by Crippen LogP contribution is 2.19. The first-order valence-electron chi connectivity index (χ1n) is 6.46. The molecule has 0 atom stereocenters. The highest BCUT2D eigenvalue weighted by atomic mass is 16.4. The smallest absolute Gasteiger partial charge is 0.247 e. The molecule has 3 rings (SSSR count). The molecule has 0 aliphatic carbocycles. The van der Waals surface area contributed by atoms with Gasteiger partial charge in [-0.15, -0.1) is 10.2 Å². The van der Waals surface area contributed by atoms with Gasteiger partial charge in [-0.1, -0.05) is 17.7 Å². The average molecular weight is 290 g/mol. The second-order valence-corrected chi connectivity index (χ2v) is 4.66. The Morgan fingerprint density at radius 2 is 1.91 bits per heavy atom. The number of benzene rings is 1. The summed E-state index contributed by atoms with van der Waals surface area (Å²) in [7, 11) is 0. The Morgan fingerprint density at radius 3 is 2.59 bits per heavy atom. The Labute approximate surface area is 126 Å². The van der Waals surface area contributed by atoms with Crippen molar-refractivity contribution < 1.29 is 4.42 Å². The fraction of sp³-hybridized carbons (Fsp3) is 0.133. The molecule has 22 heavy (non-hydrogen) atoms. The molecule has 0 amide bonds. The quantitative estimate of drug-likeness (QED) is 0.731. The summed E-state index contributed by atoms with van der Waals surface area (Å²) in [6.07, 6.45) is 1.41. The number of aryl methyl sites for hydroxylation is 1. The van der Waals surface area contributed by atoms with Crippen LogP contribution in [0.3, 0.4) is 0 Å². The molecule has 0 saturated carbocycles. The van der Waals surface area contributed by atoms with Crippen LogP contribution in [0.25, 0.3) is 11.5 Å². The second-order valence-electron chi connectivity index (χ2n) is 4.66. The summed E-state index contributed by atoms with van der Waals surface area (Å²) in [5.41, 5.74) is 2.23. The van der Waals surface area contributed by atoms with Gasteiger partial charge in [-0.25, -0.2) is 4.98 Å². The van der Waals surface area contributed by atoms with Crippen molar-refractivity contribution in [2.75, 3.05) is 0 Å². The summed E-state index contributed by atoms with van der Waals surface area (Å²) in [6, 6.07) is 11.5. The summed E-state index contributed by atoms with van der Waals surface area (Å²) in [6.45, 7) is 2.19. The molecule has 2 aromatic heterocycles. The Bertz CT molecular complexity index is 891. The lowest BCUT2D eigenvalue weighted by molar-refractivity contribution is 0.487. The molecular formula is C15H10N6O. The zero-order chi connectivity index (χ0) is 15.5. The first-order valence-corrected chi connectivity index (χ1v) is 6.46. The van der Waals surface area contributed by atoms with Gasteiger partial charge in [0.1, 0.15) is 18.7 Å². The Morgan fingerprint density at radius 1 is 1.14 bits per heavy atom. The number of imidazole rings is 1. The molecule has 0 spiro atoms. The van der Waals surface area contributed by atoms with Crippen molar-refractivity contribution in [2.45, 2.75) is 13.5 Å². The van der Waals surface area contributed by atoms with Crippen molar-refractivity contribution in [3.8, 4) is 23.6 Å². The van der Waals surface area contributed by atoms with Crippen LogP contribution in [0.4, 0.5) is 0 Å². The monoisotopic (exact) mass is 290 g/mol. The summed E-state index contributed by atoms with van der Waals surface area (Å²) in [4.78, 5) is 3.87. The van der Waals surface area contributed by atoms with E-state index in [2.05, 4.69) is 15.2 Å². The van der Waals surface area contributed by atoms with E-state index in [4.69, 9.17) is 14.9 Å². The van der Waals surface area contributed by atoms with E-state index in [0.717, 1.165) is 11.1 Å². The minimum Gasteiger partial charge on any atom is -0.419 e. The molecule has 1 aromatic carbocycles. The number of nitrogens with zero attached hydrogens (tertiary/aromatic N) is 6. The molecule has 0 radical (unpaired) electrons. The van der Waals surface area contributed by atoms with Crippen molar-refractivity contribution in [3.05, 3.63) is 53.4 Å². The maximum absolute atomic E-state index is 9.08. The van der Waals surface area contributed by atoms with E-state index in [0.29, 0.717) is 11.8 Å². The van der Waals surface area contributed by atoms with Crippen LogP contribution in [0, 0.1) is 29.6 Å². The maximum atomic E-state index is 9.08. The van der Waals surface area contributed by atoms with Crippen LogP contribution in [0.15, 0.2) is 35.0 Å². The van der Waals surface area contributed by atoms with E-state index in [1.165, 1.54) is 10.9 Å². The lowest BCUT2D eigenvalue weighted by Gasteiger charge is -1.98. The van der Waals surface area contributed by atoms with Crippen LogP contribution in [-0.2, 0) is 6.54 Å². The first-order chi connectivity index (χ1) is 10.7. The van der Waals surface area contributed by atoms with Gasteiger partial charge in [-0.3, -0.25) is 0 Å². The van der Waals surface area contributed by atoms with Crippen LogP contribution < -0.4 is 0 Å². The molecule has 2 heterocycles. The van der Waals surface area contributed by atoms with Gasteiger partial charge in [0.25, 0.3) is 0 Å². The minimum atomic E-state index is 0.0840. The third-order valence-electron chi connectivity index (χ3n) is 3.12. The van der Waals surface area contributed by atoms with Gasteiger partial charge in [0, 0.05) is 5.56 Å². The fourth-order valence-electron chi connectivity index (χ4n) is 1.98. The predicted octanol–water partition coefficient (Wildman–Crippen LogP) is 2.03. The van der Waals surface area contributed by atoms with E-state index in [1.54, 1.807) is 0 Å². The molecule has 0 unspecified atom stereocenters. The maximum Gasteiger partial charge on any atom is 0.247 e. The van der Waals surface area contributed by atoms with Crippen LogP contribution in [0.1, 0.15) is 22.8 Å². The normalized spacial score (nSPS) is 10.1. The minimum absolute atomic E-state index is 0.0840. The van der Waals surface area contributed by atoms with Crippen molar-refractivity contribution in [2.24, 2.45) is 0 Å². The standard InChI is InChI=1S/C15H10N6O/c1-10-2-4-11(5-3-10)15-20-19-14(22-15)8-21-9-18-12(6-16)13(21)7-17/h2-5,9H,8H2,1H3. The lowest BCUT2D eigenvalue weighted by Crippen LogP contribution is -2.01. The highest BCUT2D eigenvalue weighted by molar-refractivity contribution is 5.52. The van der Waals surface area contributed by atoms with E-state index in [-0.39, 0.29) is 17.9 Å². The largest absolute Gasteiger partial charge is 0.419 e. The lowest BCUT2D eigenvalue weighted by atomic mass is 10.1. The Balaban J connectivity index is 1.86. The molecule has 0 saturated heterocycles. The molecule has 0 bridgehead atoms. The molecule has 0 aliphatic heterocycles. The Hall–Kier alpha value is -3.45. The zero-order valence-corrected chi connectivity index (χ0v) is 11.7. The third-order valence-corrected chi connectivity index (χ3v) is 3.12. The van der Waals surface area contributed by atoms with Crippen LogP contribution in [0.2, 0.25) is 0 Å². The van der Waals surface area contributed by atoms with Crippen molar-refractivity contribution in [1.82, 2.24) is 19.7 Å². The average Bonchev–Trinajstić information content (AvgIpc) is 3.15. The SMILES string of the molecule is Cc1ccc(-c2nnc(Cn3cnc(C#N)c3C#N)o2)cc1. The summed E-state index contributed by atoms with van der Waals surface area (Å²) in [5, 5.41) is 25.9. The number of rotatable bonds is 3. The molecule has 3 aromatic rings. The van der Waals surface area contributed by atoms with Crippen LogP contribution in [-0.4, -0.2) is 19.7 Å². The molecule has 7 nitrogen and oxygen atoms in total. The van der Waals surface area contributed by atoms with Gasteiger partial charge in [0.2, 0.25) is 11.8 Å². The van der Waals surface area contributed by atoms with Crippen LogP contribution in [0.5, 0.6) is 0 Å². The molecule has 0 fully saturated rings. The number of hydrogen-bond donors (Lipinski definition) is 0. The van der Waals surface area contributed by atoms with E-state index in [1.807, 2.05) is 43.3 Å². The first kappa shape index (κ1) is 13.5. The second kappa shape index (κ2) is 5.51.